The van der Waals surface area contributed by atoms with Crippen molar-refractivity contribution < 1.29 is 27.8 Å². The lowest BCUT2D eigenvalue weighted by molar-refractivity contribution is -0.141. The van der Waals surface area contributed by atoms with Gasteiger partial charge in [0.15, 0.2) is 5.82 Å². The molecule has 3 heterocycles. The van der Waals surface area contributed by atoms with Gasteiger partial charge < -0.3 is 25.4 Å². The molecule has 208 valence electrons. The van der Waals surface area contributed by atoms with Gasteiger partial charge in [0, 0.05) is 56.0 Å². The standard InChI is InChI=1S/C27H31F3N6O3/c1-31-16-20(37)17-39-21-6-2-5-18(13-21)26-34-22(19-8-9-23(33-15-19)27(28,29)30)14-24(35-26)32-10-4-12-36-11-3-7-25(36)38/h2,5-6,8-9,13-15,20,31,37H,3-4,7,10-12,16-17H2,1H3,(H,32,34,35). The van der Waals surface area contributed by atoms with Crippen LogP contribution in [0, 0.1) is 0 Å². The van der Waals surface area contributed by atoms with Gasteiger partial charge in [-0.1, -0.05) is 12.1 Å². The number of benzene rings is 1. The highest BCUT2D eigenvalue weighted by Gasteiger charge is 2.32. The summed E-state index contributed by atoms with van der Waals surface area (Å²) in [6, 6.07) is 10.9. The Labute approximate surface area is 224 Å². The lowest BCUT2D eigenvalue weighted by atomic mass is 10.1. The quantitative estimate of drug-likeness (QED) is 0.297. The van der Waals surface area contributed by atoms with Crippen LogP contribution in [0.15, 0.2) is 48.7 Å². The van der Waals surface area contributed by atoms with Gasteiger partial charge in [-0.25, -0.2) is 9.97 Å². The fraction of sp³-hybridized carbons (Fsp3) is 0.407. The first kappa shape index (κ1) is 28.2. The van der Waals surface area contributed by atoms with Crippen LogP contribution >= 0.6 is 0 Å². The lowest BCUT2D eigenvalue weighted by Crippen LogP contribution is -2.29. The van der Waals surface area contributed by atoms with E-state index in [2.05, 4.69) is 25.6 Å². The summed E-state index contributed by atoms with van der Waals surface area (Å²) in [5.41, 5.74) is 0.442. The molecule has 9 nitrogen and oxygen atoms in total. The molecule has 1 unspecified atom stereocenters. The molecule has 0 radical (unpaired) electrons. The highest BCUT2D eigenvalue weighted by atomic mass is 19.4. The summed E-state index contributed by atoms with van der Waals surface area (Å²) in [6.45, 7) is 2.42. The summed E-state index contributed by atoms with van der Waals surface area (Å²) in [6.07, 6.45) is -1.91. The second-order valence-electron chi connectivity index (χ2n) is 9.21. The van der Waals surface area contributed by atoms with Gasteiger partial charge >= 0.3 is 6.18 Å². The van der Waals surface area contributed by atoms with E-state index in [4.69, 9.17) is 4.74 Å². The zero-order chi connectivity index (χ0) is 27.8. The van der Waals surface area contributed by atoms with E-state index in [1.807, 2.05) is 4.90 Å². The number of aromatic nitrogens is 3. The van der Waals surface area contributed by atoms with Crippen molar-refractivity contribution >= 4 is 11.7 Å². The molecule has 1 aliphatic heterocycles. The number of anilines is 1. The second kappa shape index (κ2) is 12.9. The van der Waals surface area contributed by atoms with Crippen LogP contribution in [-0.2, 0) is 11.0 Å². The van der Waals surface area contributed by atoms with Crippen LogP contribution in [0.5, 0.6) is 5.75 Å². The van der Waals surface area contributed by atoms with E-state index in [9.17, 15) is 23.1 Å². The molecule has 3 N–H and O–H groups in total. The highest BCUT2D eigenvalue weighted by molar-refractivity contribution is 5.78. The predicted molar refractivity (Wildman–Crippen MR) is 140 cm³/mol. The van der Waals surface area contributed by atoms with Crippen LogP contribution in [-0.4, -0.2) is 76.8 Å². The van der Waals surface area contributed by atoms with Crippen molar-refractivity contribution in [1.29, 1.82) is 0 Å². The Morgan fingerprint density at radius 1 is 1.15 bits per heavy atom. The van der Waals surface area contributed by atoms with Crippen molar-refractivity contribution in [1.82, 2.24) is 25.2 Å². The predicted octanol–water partition coefficient (Wildman–Crippen LogP) is 3.61. The third kappa shape index (κ3) is 7.87. The molecule has 0 spiro atoms. The average Bonchev–Trinajstić information content (AvgIpc) is 3.34. The number of nitrogens with zero attached hydrogens (tertiary/aromatic N) is 4. The molecule has 3 aromatic rings. The number of alkyl halides is 3. The van der Waals surface area contributed by atoms with Crippen LogP contribution in [0.3, 0.4) is 0 Å². The molecule has 1 fully saturated rings. The number of carbonyl (C=O) groups excluding carboxylic acids is 1. The number of pyridine rings is 1. The highest BCUT2D eigenvalue weighted by Crippen LogP contribution is 2.30. The number of rotatable bonds is 12. The van der Waals surface area contributed by atoms with E-state index in [1.54, 1.807) is 37.4 Å². The monoisotopic (exact) mass is 544 g/mol. The number of ether oxygens (including phenoxy) is 1. The molecular formula is C27H31F3N6O3. The van der Waals surface area contributed by atoms with Gasteiger partial charge in [0.05, 0.1) is 5.69 Å². The minimum Gasteiger partial charge on any atom is -0.491 e. The number of aliphatic hydroxyl groups is 1. The largest absolute Gasteiger partial charge is 0.491 e. The number of likely N-dealkylation sites (tertiary alicyclic amines) is 1. The molecular weight excluding hydrogens is 513 g/mol. The first-order chi connectivity index (χ1) is 18.7. The Balaban J connectivity index is 1.56. The minimum absolute atomic E-state index is 0.0920. The van der Waals surface area contributed by atoms with Crippen molar-refractivity contribution in [2.75, 3.05) is 45.2 Å². The SMILES string of the molecule is CNCC(O)COc1cccc(-c2nc(NCCCN3CCCC3=O)cc(-c3ccc(C(F)(F)F)nc3)n2)c1. The summed E-state index contributed by atoms with van der Waals surface area (Å²) in [4.78, 5) is 26.5. The second-order valence-corrected chi connectivity index (χ2v) is 9.21. The molecule has 1 aromatic carbocycles. The van der Waals surface area contributed by atoms with Crippen LogP contribution in [0.25, 0.3) is 22.6 Å². The number of amides is 1. The lowest BCUT2D eigenvalue weighted by Gasteiger charge is -2.16. The maximum Gasteiger partial charge on any atom is 0.433 e. The third-order valence-corrected chi connectivity index (χ3v) is 6.13. The van der Waals surface area contributed by atoms with Crippen LogP contribution in [0.4, 0.5) is 19.0 Å². The number of likely N-dealkylation sites (N-methyl/N-ethyl adjacent to an activating group) is 1. The van der Waals surface area contributed by atoms with E-state index in [-0.39, 0.29) is 12.5 Å². The Hall–Kier alpha value is -3.77. The fourth-order valence-corrected chi connectivity index (χ4v) is 4.17. The Morgan fingerprint density at radius 3 is 2.69 bits per heavy atom. The smallest absolute Gasteiger partial charge is 0.433 e. The summed E-state index contributed by atoms with van der Waals surface area (Å²) in [5.74, 6) is 1.50. The molecule has 0 saturated carbocycles. The topological polar surface area (TPSA) is 112 Å². The number of aliphatic hydroxyl groups excluding tert-OH is 1. The van der Waals surface area contributed by atoms with Crippen LogP contribution in [0.1, 0.15) is 25.0 Å². The van der Waals surface area contributed by atoms with Gasteiger partial charge in [0.25, 0.3) is 0 Å². The van der Waals surface area contributed by atoms with Crippen molar-refractivity contribution in [3.8, 4) is 28.4 Å². The zero-order valence-electron chi connectivity index (χ0n) is 21.5. The summed E-state index contributed by atoms with van der Waals surface area (Å²) in [7, 11) is 1.73. The van der Waals surface area contributed by atoms with Gasteiger partial charge in [-0.3, -0.25) is 9.78 Å². The van der Waals surface area contributed by atoms with E-state index in [0.29, 0.717) is 66.7 Å². The van der Waals surface area contributed by atoms with E-state index in [1.165, 1.54) is 6.07 Å². The number of hydrogen-bond acceptors (Lipinski definition) is 8. The van der Waals surface area contributed by atoms with Crippen molar-refractivity contribution in [2.24, 2.45) is 0 Å². The van der Waals surface area contributed by atoms with Crippen molar-refractivity contribution in [3.05, 3.63) is 54.4 Å². The van der Waals surface area contributed by atoms with Crippen molar-refractivity contribution in [3.63, 3.8) is 0 Å². The van der Waals surface area contributed by atoms with Gasteiger partial charge in [-0.2, -0.15) is 13.2 Å². The minimum atomic E-state index is -4.54. The van der Waals surface area contributed by atoms with E-state index >= 15 is 0 Å². The Bertz CT molecular complexity index is 1260. The van der Waals surface area contributed by atoms with E-state index in [0.717, 1.165) is 25.2 Å². The summed E-state index contributed by atoms with van der Waals surface area (Å²) < 4.78 is 44.8. The number of hydrogen-bond donors (Lipinski definition) is 3. The van der Waals surface area contributed by atoms with Crippen LogP contribution < -0.4 is 15.4 Å². The van der Waals surface area contributed by atoms with Gasteiger partial charge in [0.1, 0.15) is 30.0 Å². The fourth-order valence-electron chi connectivity index (χ4n) is 4.17. The molecule has 2 aromatic heterocycles. The normalized spacial score (nSPS) is 14.5. The summed E-state index contributed by atoms with van der Waals surface area (Å²) >= 11 is 0. The molecule has 0 bridgehead atoms. The zero-order valence-corrected chi connectivity index (χ0v) is 21.5. The molecule has 1 amide bonds. The van der Waals surface area contributed by atoms with Crippen LogP contribution in [0.2, 0.25) is 0 Å². The first-order valence-corrected chi connectivity index (χ1v) is 12.7. The molecule has 1 saturated heterocycles. The molecule has 4 rings (SSSR count). The molecule has 39 heavy (non-hydrogen) atoms. The Kier molecular flexibility index (Phi) is 9.31. The van der Waals surface area contributed by atoms with Crippen molar-refractivity contribution in [2.45, 2.75) is 31.5 Å². The van der Waals surface area contributed by atoms with Gasteiger partial charge in [0.2, 0.25) is 5.91 Å². The Morgan fingerprint density at radius 2 is 2.00 bits per heavy atom. The average molecular weight is 545 g/mol. The van der Waals surface area contributed by atoms with E-state index < -0.39 is 18.0 Å². The first-order valence-electron chi connectivity index (χ1n) is 12.7. The number of carbonyl (C=O) groups is 1. The molecule has 12 heteroatoms. The third-order valence-electron chi connectivity index (χ3n) is 6.13. The molecule has 0 aliphatic carbocycles. The maximum atomic E-state index is 13.0. The molecule has 1 aliphatic rings. The summed E-state index contributed by atoms with van der Waals surface area (Å²) in [5, 5.41) is 16.1. The number of halogens is 3. The molecule has 1 atom stereocenters. The van der Waals surface area contributed by atoms with Gasteiger partial charge in [-0.05, 0) is 44.2 Å². The van der Waals surface area contributed by atoms with Gasteiger partial charge in [-0.15, -0.1) is 0 Å². The number of nitrogens with one attached hydrogen (secondary N) is 2. The maximum absolute atomic E-state index is 13.0.